The Morgan fingerprint density at radius 1 is 1.44 bits per heavy atom. The van der Waals surface area contributed by atoms with Crippen molar-refractivity contribution < 1.29 is 0 Å². The largest absolute Gasteiger partial charge is 0.368 e. The van der Waals surface area contributed by atoms with Crippen LogP contribution in [0.5, 0.6) is 0 Å². The fraction of sp³-hybridized carbons (Fsp3) is 0.800. The minimum Gasteiger partial charge on any atom is -0.368 e. The first-order valence-electron chi connectivity index (χ1n) is 5.72. The first-order chi connectivity index (χ1) is 7.62. The Hall–Kier alpha value is -1.30. The molecule has 16 heavy (non-hydrogen) atoms. The van der Waals surface area contributed by atoms with Crippen molar-refractivity contribution in [3.05, 3.63) is 0 Å². The third kappa shape index (κ3) is 2.11. The monoisotopic (exact) mass is 224 g/mol. The number of anilines is 2. The third-order valence-corrected chi connectivity index (χ3v) is 3.56. The number of nitrogens with one attached hydrogen (secondary N) is 2. The van der Waals surface area contributed by atoms with Crippen LogP contribution in [0.4, 0.5) is 11.9 Å². The van der Waals surface area contributed by atoms with Crippen molar-refractivity contribution in [1.29, 1.82) is 0 Å². The van der Waals surface area contributed by atoms with E-state index in [1.807, 2.05) is 0 Å². The molecular weight excluding hydrogens is 204 g/mol. The number of hydrogen-bond acceptors (Lipinski definition) is 5. The summed E-state index contributed by atoms with van der Waals surface area (Å²) in [5, 5.41) is 9.86. The number of H-pyrrole nitrogens is 1. The molecule has 6 heteroatoms. The van der Waals surface area contributed by atoms with Gasteiger partial charge in [0.1, 0.15) is 0 Å². The molecule has 4 N–H and O–H groups in total. The molecule has 1 aliphatic carbocycles. The summed E-state index contributed by atoms with van der Waals surface area (Å²) in [6.45, 7) is 0.872. The molecule has 0 radical (unpaired) electrons. The van der Waals surface area contributed by atoms with E-state index in [1.165, 1.54) is 25.7 Å². The normalized spacial score (nSPS) is 19.2. The first-order valence-corrected chi connectivity index (χ1v) is 5.72. The van der Waals surface area contributed by atoms with Crippen molar-refractivity contribution in [3.8, 4) is 0 Å². The minimum atomic E-state index is 0.245. The van der Waals surface area contributed by atoms with Crippen LogP contribution in [-0.2, 0) is 0 Å². The maximum absolute atomic E-state index is 5.48. The van der Waals surface area contributed by atoms with E-state index in [1.54, 1.807) is 0 Å². The number of aromatic amines is 1. The molecule has 1 aliphatic rings. The van der Waals surface area contributed by atoms with E-state index in [9.17, 15) is 0 Å². The predicted molar refractivity (Wildman–Crippen MR) is 64.2 cm³/mol. The molecule has 0 unspecified atom stereocenters. The van der Waals surface area contributed by atoms with Gasteiger partial charge in [-0.25, -0.2) is 5.10 Å². The SMILES string of the molecule is CN(C)C1(CNc2n[nH]c(N)n2)CCCC1. The lowest BCUT2D eigenvalue weighted by molar-refractivity contribution is 0.172. The van der Waals surface area contributed by atoms with Crippen LogP contribution in [0.25, 0.3) is 0 Å². The maximum atomic E-state index is 5.48. The molecule has 0 aromatic carbocycles. The van der Waals surface area contributed by atoms with E-state index in [4.69, 9.17) is 5.73 Å². The van der Waals surface area contributed by atoms with Crippen LogP contribution in [0, 0.1) is 0 Å². The van der Waals surface area contributed by atoms with Crippen LogP contribution < -0.4 is 11.1 Å². The van der Waals surface area contributed by atoms with Crippen molar-refractivity contribution >= 4 is 11.9 Å². The fourth-order valence-corrected chi connectivity index (χ4v) is 2.41. The second-order valence-electron chi connectivity index (χ2n) is 4.72. The van der Waals surface area contributed by atoms with Gasteiger partial charge >= 0.3 is 0 Å². The quantitative estimate of drug-likeness (QED) is 0.700. The molecule has 1 fully saturated rings. The molecule has 1 aromatic rings. The van der Waals surface area contributed by atoms with Gasteiger partial charge in [-0.2, -0.15) is 4.98 Å². The average Bonchev–Trinajstić information content (AvgIpc) is 2.84. The molecule has 0 aliphatic heterocycles. The molecule has 2 rings (SSSR count). The average molecular weight is 224 g/mol. The number of rotatable bonds is 4. The van der Waals surface area contributed by atoms with Crippen molar-refractivity contribution in [2.75, 3.05) is 31.7 Å². The Bertz CT molecular complexity index is 339. The molecule has 0 amide bonds. The van der Waals surface area contributed by atoms with Gasteiger partial charge in [0.05, 0.1) is 0 Å². The second-order valence-corrected chi connectivity index (χ2v) is 4.72. The second kappa shape index (κ2) is 4.29. The lowest BCUT2D eigenvalue weighted by atomic mass is 9.96. The summed E-state index contributed by atoms with van der Waals surface area (Å²) in [6, 6.07) is 0. The van der Waals surface area contributed by atoms with Crippen molar-refractivity contribution in [1.82, 2.24) is 20.1 Å². The summed E-state index contributed by atoms with van der Waals surface area (Å²) in [6.07, 6.45) is 5.06. The molecule has 0 saturated heterocycles. The smallest absolute Gasteiger partial charge is 0.243 e. The highest BCUT2D eigenvalue weighted by Crippen LogP contribution is 2.33. The van der Waals surface area contributed by atoms with Crippen molar-refractivity contribution in [2.45, 2.75) is 31.2 Å². The molecule has 0 spiro atoms. The van der Waals surface area contributed by atoms with Gasteiger partial charge in [-0.3, -0.25) is 0 Å². The summed E-state index contributed by atoms with van der Waals surface area (Å²) in [5.74, 6) is 0.943. The summed E-state index contributed by atoms with van der Waals surface area (Å²) in [4.78, 5) is 6.35. The topological polar surface area (TPSA) is 82.9 Å². The van der Waals surface area contributed by atoms with Gasteiger partial charge in [-0.1, -0.05) is 12.8 Å². The highest BCUT2D eigenvalue weighted by atomic mass is 15.3. The van der Waals surface area contributed by atoms with Crippen molar-refractivity contribution in [3.63, 3.8) is 0 Å². The lowest BCUT2D eigenvalue weighted by Crippen LogP contribution is -2.47. The number of hydrogen-bond donors (Lipinski definition) is 3. The van der Waals surface area contributed by atoms with E-state index >= 15 is 0 Å². The number of likely N-dealkylation sites (N-methyl/N-ethyl adjacent to an activating group) is 1. The third-order valence-electron chi connectivity index (χ3n) is 3.56. The van der Waals surface area contributed by atoms with Gasteiger partial charge in [0, 0.05) is 12.1 Å². The van der Waals surface area contributed by atoms with Gasteiger partial charge in [-0.05, 0) is 26.9 Å². The number of nitrogens with zero attached hydrogens (tertiary/aromatic N) is 3. The zero-order valence-corrected chi connectivity index (χ0v) is 9.95. The zero-order chi connectivity index (χ0) is 11.6. The molecule has 1 heterocycles. The molecule has 1 aromatic heterocycles. The van der Waals surface area contributed by atoms with Crippen molar-refractivity contribution in [2.24, 2.45) is 0 Å². The van der Waals surface area contributed by atoms with Gasteiger partial charge in [-0.15, -0.1) is 5.10 Å². The standard InChI is InChI=1S/C10H20N6/c1-16(2)10(5-3-4-6-10)7-12-9-13-8(11)14-15-9/h3-7H2,1-2H3,(H4,11,12,13,14,15). The zero-order valence-electron chi connectivity index (χ0n) is 9.95. The Morgan fingerprint density at radius 2 is 2.12 bits per heavy atom. The van der Waals surface area contributed by atoms with Crippen LogP contribution in [-0.4, -0.2) is 46.3 Å². The van der Waals surface area contributed by atoms with Gasteiger partial charge < -0.3 is 16.0 Å². The summed E-state index contributed by atoms with van der Waals surface area (Å²) >= 11 is 0. The lowest BCUT2D eigenvalue weighted by Gasteiger charge is -2.36. The fourth-order valence-electron chi connectivity index (χ4n) is 2.41. The minimum absolute atomic E-state index is 0.245. The summed E-state index contributed by atoms with van der Waals surface area (Å²) in [7, 11) is 4.28. The Morgan fingerprint density at radius 3 is 2.62 bits per heavy atom. The van der Waals surface area contributed by atoms with Crippen LogP contribution in [0.3, 0.4) is 0 Å². The Labute approximate surface area is 95.6 Å². The van der Waals surface area contributed by atoms with E-state index in [-0.39, 0.29) is 5.54 Å². The molecule has 90 valence electrons. The highest BCUT2D eigenvalue weighted by Gasteiger charge is 2.35. The maximum Gasteiger partial charge on any atom is 0.243 e. The van der Waals surface area contributed by atoms with Crippen LogP contribution in [0.2, 0.25) is 0 Å². The first kappa shape index (κ1) is 11.2. The van der Waals surface area contributed by atoms with Gasteiger partial charge in [0.15, 0.2) is 0 Å². The van der Waals surface area contributed by atoms with Gasteiger partial charge in [0.2, 0.25) is 11.9 Å². The molecule has 1 saturated carbocycles. The molecular formula is C10H20N6. The molecule has 6 nitrogen and oxygen atoms in total. The predicted octanol–water partition coefficient (Wildman–Crippen LogP) is 0.673. The number of aromatic nitrogens is 3. The number of nitrogen functional groups attached to an aromatic ring is 1. The summed E-state index contributed by atoms with van der Waals surface area (Å²) < 4.78 is 0. The van der Waals surface area contributed by atoms with E-state index in [2.05, 4.69) is 39.5 Å². The van der Waals surface area contributed by atoms with Crippen LogP contribution in [0.15, 0.2) is 0 Å². The Balaban J connectivity index is 1.97. The van der Waals surface area contributed by atoms with E-state index in [0.717, 1.165) is 6.54 Å². The molecule has 0 atom stereocenters. The van der Waals surface area contributed by atoms with Crippen LogP contribution >= 0.6 is 0 Å². The summed E-state index contributed by atoms with van der Waals surface area (Å²) in [5.41, 5.74) is 5.72. The van der Waals surface area contributed by atoms with E-state index < -0.39 is 0 Å². The molecule has 0 bridgehead atoms. The Kier molecular flexibility index (Phi) is 3.00. The van der Waals surface area contributed by atoms with Gasteiger partial charge in [0.25, 0.3) is 0 Å². The van der Waals surface area contributed by atoms with Crippen LogP contribution in [0.1, 0.15) is 25.7 Å². The highest BCUT2D eigenvalue weighted by molar-refractivity contribution is 5.30. The van der Waals surface area contributed by atoms with E-state index in [0.29, 0.717) is 11.9 Å². The number of nitrogens with two attached hydrogens (primary N) is 1.